The summed E-state index contributed by atoms with van der Waals surface area (Å²) in [5.41, 5.74) is 5.94. The topological polar surface area (TPSA) is 38.0 Å². The monoisotopic (exact) mass is 228 g/mol. The summed E-state index contributed by atoms with van der Waals surface area (Å²) in [7, 11) is 0. The number of rotatable bonds is 9. The Hall–Kier alpha value is -0.0800. The van der Waals surface area contributed by atoms with Crippen molar-refractivity contribution in [3.8, 4) is 0 Å². The van der Waals surface area contributed by atoms with Gasteiger partial charge < -0.3 is 11.1 Å². The van der Waals surface area contributed by atoms with Crippen LogP contribution in [0.2, 0.25) is 0 Å². The molecule has 0 heterocycles. The quantitative estimate of drug-likeness (QED) is 0.595. The van der Waals surface area contributed by atoms with Gasteiger partial charge in [0.1, 0.15) is 0 Å². The molecule has 16 heavy (non-hydrogen) atoms. The fourth-order valence-corrected chi connectivity index (χ4v) is 1.62. The van der Waals surface area contributed by atoms with E-state index in [9.17, 15) is 0 Å². The van der Waals surface area contributed by atoms with Gasteiger partial charge in [-0.25, -0.2) is 0 Å². The summed E-state index contributed by atoms with van der Waals surface area (Å²) in [4.78, 5) is 0. The summed E-state index contributed by atoms with van der Waals surface area (Å²) < 4.78 is 0. The van der Waals surface area contributed by atoms with Crippen LogP contribution in [0.25, 0.3) is 0 Å². The Labute approximate surface area is 102 Å². The molecule has 0 bridgehead atoms. The van der Waals surface area contributed by atoms with Crippen LogP contribution < -0.4 is 11.1 Å². The second-order valence-corrected chi connectivity index (χ2v) is 6.14. The van der Waals surface area contributed by atoms with Crippen molar-refractivity contribution in [2.45, 2.75) is 53.9 Å². The third-order valence-electron chi connectivity index (χ3n) is 3.85. The van der Waals surface area contributed by atoms with Crippen molar-refractivity contribution in [2.24, 2.45) is 23.0 Å². The molecule has 0 aromatic rings. The van der Waals surface area contributed by atoms with Gasteiger partial charge in [-0.3, -0.25) is 0 Å². The summed E-state index contributed by atoms with van der Waals surface area (Å²) in [6.07, 6.45) is 3.74. The maximum absolute atomic E-state index is 5.53. The van der Waals surface area contributed by atoms with Gasteiger partial charge in [0.2, 0.25) is 0 Å². The van der Waals surface area contributed by atoms with Gasteiger partial charge in [0.25, 0.3) is 0 Å². The van der Waals surface area contributed by atoms with Crippen LogP contribution in [0, 0.1) is 17.3 Å². The fourth-order valence-electron chi connectivity index (χ4n) is 1.62. The van der Waals surface area contributed by atoms with E-state index in [0.29, 0.717) is 5.41 Å². The zero-order valence-corrected chi connectivity index (χ0v) is 12.0. The highest BCUT2D eigenvalue weighted by atomic mass is 14.9. The van der Waals surface area contributed by atoms with Gasteiger partial charge in [0.15, 0.2) is 0 Å². The second kappa shape index (κ2) is 8.08. The van der Waals surface area contributed by atoms with E-state index in [1.165, 1.54) is 12.8 Å². The summed E-state index contributed by atoms with van der Waals surface area (Å²) in [6, 6.07) is 0. The lowest BCUT2D eigenvalue weighted by Gasteiger charge is -2.29. The maximum Gasteiger partial charge on any atom is 0.000496 e. The van der Waals surface area contributed by atoms with Crippen LogP contribution in [0.15, 0.2) is 0 Å². The van der Waals surface area contributed by atoms with Gasteiger partial charge in [0, 0.05) is 6.54 Å². The molecule has 98 valence electrons. The summed E-state index contributed by atoms with van der Waals surface area (Å²) in [6.45, 7) is 14.7. The van der Waals surface area contributed by atoms with Crippen molar-refractivity contribution in [1.29, 1.82) is 0 Å². The molecule has 0 aromatic heterocycles. The molecule has 0 radical (unpaired) electrons. The van der Waals surface area contributed by atoms with Crippen molar-refractivity contribution in [1.82, 2.24) is 5.32 Å². The summed E-state index contributed by atoms with van der Waals surface area (Å²) >= 11 is 0. The molecule has 2 heteroatoms. The van der Waals surface area contributed by atoms with Gasteiger partial charge in [-0.15, -0.1) is 0 Å². The number of nitrogens with two attached hydrogens (primary N) is 1. The first-order valence-corrected chi connectivity index (χ1v) is 6.81. The predicted molar refractivity (Wildman–Crippen MR) is 73.6 cm³/mol. The van der Waals surface area contributed by atoms with Gasteiger partial charge in [-0.05, 0) is 49.6 Å². The molecular formula is C14H32N2. The average Bonchev–Trinajstić information content (AvgIpc) is 2.17. The SMILES string of the molecule is CC(CCN)CCCNCC(C)(C)C(C)C. The fraction of sp³-hybridized carbons (Fsp3) is 1.00. The van der Waals surface area contributed by atoms with E-state index in [1.54, 1.807) is 0 Å². The molecule has 0 aliphatic rings. The third kappa shape index (κ3) is 7.24. The first kappa shape index (κ1) is 15.9. The molecule has 1 unspecified atom stereocenters. The first-order chi connectivity index (χ1) is 7.40. The van der Waals surface area contributed by atoms with Crippen LogP contribution in [-0.4, -0.2) is 19.6 Å². The minimum Gasteiger partial charge on any atom is -0.330 e. The van der Waals surface area contributed by atoms with E-state index >= 15 is 0 Å². The molecule has 0 aromatic carbocycles. The smallest absolute Gasteiger partial charge is 0.000496 e. The third-order valence-corrected chi connectivity index (χ3v) is 3.85. The Morgan fingerprint density at radius 3 is 2.25 bits per heavy atom. The van der Waals surface area contributed by atoms with E-state index < -0.39 is 0 Å². The van der Waals surface area contributed by atoms with E-state index in [4.69, 9.17) is 5.73 Å². The largest absolute Gasteiger partial charge is 0.330 e. The lowest BCUT2D eigenvalue weighted by Crippen LogP contribution is -2.34. The molecule has 0 amide bonds. The highest BCUT2D eigenvalue weighted by Gasteiger charge is 2.21. The zero-order chi connectivity index (χ0) is 12.6. The molecule has 0 saturated heterocycles. The van der Waals surface area contributed by atoms with Crippen LogP contribution in [0.3, 0.4) is 0 Å². The van der Waals surface area contributed by atoms with Gasteiger partial charge in [0.05, 0.1) is 0 Å². The van der Waals surface area contributed by atoms with Crippen LogP contribution in [0.1, 0.15) is 53.9 Å². The van der Waals surface area contributed by atoms with Crippen LogP contribution in [0.4, 0.5) is 0 Å². The number of nitrogens with one attached hydrogen (secondary N) is 1. The molecule has 0 rings (SSSR count). The van der Waals surface area contributed by atoms with Gasteiger partial charge >= 0.3 is 0 Å². The van der Waals surface area contributed by atoms with Crippen molar-refractivity contribution >= 4 is 0 Å². The standard InChI is InChI=1S/C14H32N2/c1-12(2)14(4,5)11-16-10-6-7-13(3)8-9-15/h12-13,16H,6-11,15H2,1-5H3. The minimum atomic E-state index is 0.406. The van der Waals surface area contributed by atoms with E-state index in [2.05, 4.69) is 39.9 Å². The van der Waals surface area contributed by atoms with E-state index in [1.807, 2.05) is 0 Å². The molecule has 0 aliphatic carbocycles. The lowest BCUT2D eigenvalue weighted by molar-refractivity contribution is 0.237. The average molecular weight is 228 g/mol. The van der Waals surface area contributed by atoms with Crippen molar-refractivity contribution in [2.75, 3.05) is 19.6 Å². The zero-order valence-electron chi connectivity index (χ0n) is 12.0. The number of hydrogen-bond acceptors (Lipinski definition) is 2. The molecule has 0 aliphatic heterocycles. The highest BCUT2D eigenvalue weighted by molar-refractivity contribution is 4.74. The normalized spacial score (nSPS) is 14.4. The van der Waals surface area contributed by atoms with E-state index in [-0.39, 0.29) is 0 Å². The Morgan fingerprint density at radius 2 is 1.75 bits per heavy atom. The minimum absolute atomic E-state index is 0.406. The van der Waals surface area contributed by atoms with Crippen LogP contribution in [-0.2, 0) is 0 Å². The van der Waals surface area contributed by atoms with Gasteiger partial charge in [-0.1, -0.05) is 34.6 Å². The first-order valence-electron chi connectivity index (χ1n) is 6.81. The van der Waals surface area contributed by atoms with E-state index in [0.717, 1.165) is 37.9 Å². The molecule has 2 nitrogen and oxygen atoms in total. The summed E-state index contributed by atoms with van der Waals surface area (Å²) in [5, 5.41) is 3.57. The summed E-state index contributed by atoms with van der Waals surface area (Å²) in [5.74, 6) is 1.51. The van der Waals surface area contributed by atoms with Crippen molar-refractivity contribution < 1.29 is 0 Å². The predicted octanol–water partition coefficient (Wildman–Crippen LogP) is 3.02. The highest BCUT2D eigenvalue weighted by Crippen LogP contribution is 2.24. The van der Waals surface area contributed by atoms with Crippen molar-refractivity contribution in [3.63, 3.8) is 0 Å². The molecule has 3 N–H and O–H groups in total. The second-order valence-electron chi connectivity index (χ2n) is 6.14. The van der Waals surface area contributed by atoms with Crippen molar-refractivity contribution in [3.05, 3.63) is 0 Å². The number of hydrogen-bond donors (Lipinski definition) is 2. The lowest BCUT2D eigenvalue weighted by atomic mass is 9.81. The molecule has 0 saturated carbocycles. The Balaban J connectivity index is 3.47. The Bertz CT molecular complexity index is 164. The maximum atomic E-state index is 5.53. The molecule has 0 fully saturated rings. The molecule has 0 spiro atoms. The van der Waals surface area contributed by atoms with Crippen LogP contribution in [0.5, 0.6) is 0 Å². The van der Waals surface area contributed by atoms with Gasteiger partial charge in [-0.2, -0.15) is 0 Å². The molecule has 1 atom stereocenters. The molecular weight excluding hydrogens is 196 g/mol. The Kier molecular flexibility index (Phi) is 8.04. The van der Waals surface area contributed by atoms with Crippen LogP contribution >= 0.6 is 0 Å². The Morgan fingerprint density at radius 1 is 1.12 bits per heavy atom.